The molecule has 0 saturated carbocycles. The highest BCUT2D eigenvalue weighted by Crippen LogP contribution is 2.21. The second-order valence-corrected chi connectivity index (χ2v) is 5.89. The fourth-order valence-electron chi connectivity index (χ4n) is 2.98. The smallest absolute Gasteiger partial charge is 0.230 e. The lowest BCUT2D eigenvalue weighted by atomic mass is 9.91. The molecule has 1 aliphatic rings. The quantitative estimate of drug-likeness (QED) is 0.790. The van der Waals surface area contributed by atoms with Gasteiger partial charge in [0.1, 0.15) is 0 Å². The van der Waals surface area contributed by atoms with E-state index in [1.807, 2.05) is 48.3 Å². The average Bonchev–Trinajstić information content (AvgIpc) is 2.56. The van der Waals surface area contributed by atoms with Crippen LogP contribution in [0.1, 0.15) is 11.1 Å². The Labute approximate surface area is 132 Å². The van der Waals surface area contributed by atoms with Gasteiger partial charge in [0.05, 0.1) is 12.0 Å². The fraction of sp³-hybridized carbons (Fsp3) is 0.250. The summed E-state index contributed by atoms with van der Waals surface area (Å²) in [6, 6.07) is 20.7. The highest BCUT2D eigenvalue weighted by atomic mass is 16.2. The molecule has 0 saturated heterocycles. The number of hydrogen-bond donors (Lipinski definition) is 0. The Morgan fingerprint density at radius 2 is 1.36 bits per heavy atom. The average molecular weight is 291 g/mol. The van der Waals surface area contributed by atoms with Crippen LogP contribution >= 0.6 is 0 Å². The van der Waals surface area contributed by atoms with Crippen LogP contribution < -0.4 is 0 Å². The molecule has 1 heterocycles. The van der Waals surface area contributed by atoms with Crippen LogP contribution in [0.15, 0.2) is 72.8 Å². The zero-order valence-electron chi connectivity index (χ0n) is 12.9. The van der Waals surface area contributed by atoms with E-state index in [-0.39, 0.29) is 17.9 Å². The molecule has 0 unspecified atom stereocenters. The van der Waals surface area contributed by atoms with Gasteiger partial charge in [-0.3, -0.25) is 4.79 Å². The summed E-state index contributed by atoms with van der Waals surface area (Å²) >= 11 is 0. The Kier molecular flexibility index (Phi) is 4.38. The summed E-state index contributed by atoms with van der Waals surface area (Å²) in [5.41, 5.74) is 2.47. The first-order chi connectivity index (χ1) is 10.7. The lowest BCUT2D eigenvalue weighted by Gasteiger charge is -2.33. The van der Waals surface area contributed by atoms with E-state index in [2.05, 4.69) is 36.4 Å². The Morgan fingerprint density at radius 1 is 0.818 bits per heavy atom. The third-order valence-electron chi connectivity index (χ3n) is 4.31. The highest BCUT2D eigenvalue weighted by Gasteiger charge is 2.28. The number of amides is 1. The molecule has 0 spiro atoms. The summed E-state index contributed by atoms with van der Waals surface area (Å²) in [4.78, 5) is 14.5. The number of carbonyl (C=O) groups excluding carboxylic acids is 1. The van der Waals surface area contributed by atoms with Crippen LogP contribution in [0.2, 0.25) is 0 Å². The maximum atomic E-state index is 12.6. The first-order valence-electron chi connectivity index (χ1n) is 7.77. The largest absolute Gasteiger partial charge is 0.338 e. The van der Waals surface area contributed by atoms with Gasteiger partial charge < -0.3 is 4.90 Å². The van der Waals surface area contributed by atoms with Crippen LogP contribution in [-0.2, 0) is 17.6 Å². The lowest BCUT2D eigenvalue weighted by Crippen LogP contribution is -2.44. The monoisotopic (exact) mass is 291 g/mol. The summed E-state index contributed by atoms with van der Waals surface area (Å²) in [6.45, 7) is 0. The highest BCUT2D eigenvalue weighted by molar-refractivity contribution is 5.82. The Hall–Kier alpha value is -2.35. The van der Waals surface area contributed by atoms with E-state index in [1.165, 1.54) is 11.1 Å². The van der Waals surface area contributed by atoms with Gasteiger partial charge in [-0.1, -0.05) is 72.8 Å². The van der Waals surface area contributed by atoms with Gasteiger partial charge in [0.25, 0.3) is 0 Å². The number of rotatable bonds is 4. The van der Waals surface area contributed by atoms with Gasteiger partial charge in [0.2, 0.25) is 5.91 Å². The van der Waals surface area contributed by atoms with Crippen molar-refractivity contribution in [1.29, 1.82) is 0 Å². The van der Waals surface area contributed by atoms with Crippen LogP contribution in [0, 0.1) is 5.92 Å². The summed E-state index contributed by atoms with van der Waals surface area (Å²) < 4.78 is 0. The minimum atomic E-state index is -0.0422. The van der Waals surface area contributed by atoms with Crippen LogP contribution in [0.4, 0.5) is 0 Å². The van der Waals surface area contributed by atoms with E-state index in [1.54, 1.807) is 0 Å². The number of carbonyl (C=O) groups is 1. The molecule has 3 rings (SSSR count). The Bertz CT molecular complexity index is 648. The Morgan fingerprint density at radius 3 is 1.95 bits per heavy atom. The molecule has 22 heavy (non-hydrogen) atoms. The first-order valence-corrected chi connectivity index (χ1v) is 7.77. The van der Waals surface area contributed by atoms with E-state index in [9.17, 15) is 4.79 Å². The molecule has 0 aliphatic carbocycles. The van der Waals surface area contributed by atoms with Gasteiger partial charge >= 0.3 is 0 Å². The number of nitrogens with zero attached hydrogens (tertiary/aromatic N) is 1. The number of benzene rings is 2. The molecule has 2 atom stereocenters. The molecule has 0 radical (unpaired) electrons. The fourth-order valence-corrected chi connectivity index (χ4v) is 2.98. The van der Waals surface area contributed by atoms with E-state index < -0.39 is 0 Å². The van der Waals surface area contributed by atoms with Gasteiger partial charge in [-0.25, -0.2) is 0 Å². The molecule has 0 fully saturated rings. The van der Waals surface area contributed by atoms with Crippen molar-refractivity contribution >= 4 is 5.91 Å². The molecular formula is C20H21NO. The Balaban J connectivity index is 1.71. The van der Waals surface area contributed by atoms with Crippen molar-refractivity contribution in [2.45, 2.75) is 18.9 Å². The number of hydrogen-bond acceptors (Lipinski definition) is 1. The molecule has 2 aromatic rings. The third-order valence-corrected chi connectivity index (χ3v) is 4.31. The maximum absolute atomic E-state index is 12.6. The van der Waals surface area contributed by atoms with Crippen LogP contribution in [0.3, 0.4) is 0 Å². The van der Waals surface area contributed by atoms with Crippen LogP contribution in [0.5, 0.6) is 0 Å². The molecule has 0 N–H and O–H groups in total. The zero-order chi connectivity index (χ0) is 15.4. The van der Waals surface area contributed by atoms with Crippen molar-refractivity contribution in [1.82, 2.24) is 4.90 Å². The third kappa shape index (κ3) is 3.28. The molecule has 0 bridgehead atoms. The summed E-state index contributed by atoms with van der Waals surface area (Å²) in [6.07, 6.45) is 5.92. The molecular weight excluding hydrogens is 270 g/mol. The van der Waals surface area contributed by atoms with Gasteiger partial charge in [0.15, 0.2) is 0 Å². The second-order valence-electron chi connectivity index (χ2n) is 5.89. The topological polar surface area (TPSA) is 20.3 Å². The van der Waals surface area contributed by atoms with Crippen molar-refractivity contribution in [2.24, 2.45) is 5.92 Å². The molecule has 0 aromatic heterocycles. The van der Waals surface area contributed by atoms with Gasteiger partial charge in [-0.05, 0) is 24.0 Å². The van der Waals surface area contributed by atoms with Crippen molar-refractivity contribution in [2.75, 3.05) is 7.05 Å². The SMILES string of the molecule is CN1C(=O)[C@@H](Cc2ccccc2)C=C[C@@H]1Cc1ccccc1. The second kappa shape index (κ2) is 6.61. The molecule has 2 nitrogen and oxygen atoms in total. The van der Waals surface area contributed by atoms with Gasteiger partial charge in [-0.2, -0.15) is 0 Å². The summed E-state index contributed by atoms with van der Waals surface area (Å²) in [5.74, 6) is 0.173. The van der Waals surface area contributed by atoms with Gasteiger partial charge in [-0.15, -0.1) is 0 Å². The van der Waals surface area contributed by atoms with Crippen LogP contribution in [0.25, 0.3) is 0 Å². The predicted molar refractivity (Wildman–Crippen MR) is 89.5 cm³/mol. The zero-order valence-corrected chi connectivity index (χ0v) is 12.9. The van der Waals surface area contributed by atoms with Crippen molar-refractivity contribution < 1.29 is 4.79 Å². The molecule has 1 aliphatic heterocycles. The van der Waals surface area contributed by atoms with E-state index >= 15 is 0 Å². The molecule has 1 amide bonds. The standard InChI is InChI=1S/C20H21NO/c1-21-19(15-17-10-6-3-7-11-17)13-12-18(20(21)22)14-16-8-4-2-5-9-16/h2-13,18-19H,14-15H2,1H3/t18-,19-/m1/s1. The molecule has 2 aromatic carbocycles. The van der Waals surface area contributed by atoms with Gasteiger partial charge in [0, 0.05) is 7.05 Å². The lowest BCUT2D eigenvalue weighted by molar-refractivity contribution is -0.134. The number of likely N-dealkylation sites (N-methyl/N-ethyl adjacent to an activating group) is 1. The van der Waals surface area contributed by atoms with E-state index in [0.29, 0.717) is 0 Å². The first kappa shape index (κ1) is 14.6. The van der Waals surface area contributed by atoms with Crippen LogP contribution in [-0.4, -0.2) is 23.9 Å². The van der Waals surface area contributed by atoms with Crippen molar-refractivity contribution in [3.8, 4) is 0 Å². The normalized spacial score (nSPS) is 21.1. The predicted octanol–water partition coefficient (Wildman–Crippen LogP) is 3.48. The minimum Gasteiger partial charge on any atom is -0.338 e. The van der Waals surface area contributed by atoms with Crippen molar-refractivity contribution in [3.63, 3.8) is 0 Å². The summed E-state index contributed by atoms with van der Waals surface area (Å²) in [7, 11) is 1.91. The molecule has 2 heteroatoms. The summed E-state index contributed by atoms with van der Waals surface area (Å²) in [5, 5.41) is 0. The maximum Gasteiger partial charge on any atom is 0.230 e. The molecule has 112 valence electrons. The van der Waals surface area contributed by atoms with E-state index in [4.69, 9.17) is 0 Å². The minimum absolute atomic E-state index is 0.0422. The van der Waals surface area contributed by atoms with E-state index in [0.717, 1.165) is 12.8 Å². The van der Waals surface area contributed by atoms with Crippen molar-refractivity contribution in [3.05, 3.63) is 83.9 Å².